The number of amides is 2. The molecule has 0 fully saturated rings. The Balaban J connectivity index is 2.24. The number of anilines is 1. The zero-order valence-electron chi connectivity index (χ0n) is 12.0. The highest BCUT2D eigenvalue weighted by molar-refractivity contribution is 8.02. The normalized spacial score (nSPS) is 20.7. The molecule has 21 heavy (non-hydrogen) atoms. The number of carbonyl (C=O) groups excluding carboxylic acids is 3. The zero-order chi connectivity index (χ0) is 15.6. The molecule has 6 nitrogen and oxygen atoms in total. The zero-order valence-corrected chi connectivity index (χ0v) is 12.8. The molecule has 7 heteroatoms. The summed E-state index contributed by atoms with van der Waals surface area (Å²) in [5.41, 5.74) is 0.769. The maximum Gasteiger partial charge on any atom is 0.325 e. The molecule has 0 unspecified atom stereocenters. The van der Waals surface area contributed by atoms with Gasteiger partial charge in [0.1, 0.15) is 6.54 Å². The highest BCUT2D eigenvalue weighted by atomic mass is 32.2. The van der Waals surface area contributed by atoms with Gasteiger partial charge in [-0.25, -0.2) is 0 Å². The number of hydrogen-bond acceptors (Lipinski definition) is 5. The van der Waals surface area contributed by atoms with Crippen molar-refractivity contribution < 1.29 is 19.1 Å². The van der Waals surface area contributed by atoms with E-state index in [4.69, 9.17) is 0 Å². The fourth-order valence-corrected chi connectivity index (χ4v) is 3.34. The number of carbonyl (C=O) groups is 3. The lowest BCUT2D eigenvalue weighted by atomic mass is 10.1. The van der Waals surface area contributed by atoms with Crippen molar-refractivity contribution in [3.05, 3.63) is 24.3 Å². The summed E-state index contributed by atoms with van der Waals surface area (Å²) in [5, 5.41) is 2.44. The van der Waals surface area contributed by atoms with Crippen molar-refractivity contribution in [3.63, 3.8) is 0 Å². The van der Waals surface area contributed by atoms with Crippen LogP contribution in [0.15, 0.2) is 29.2 Å². The highest BCUT2D eigenvalue weighted by Crippen LogP contribution is 2.44. The standard InChI is InChI=1S/C14H16N2O4S/c1-14(12(18)15-8-11(17)20-3)13(19)16(2)9-6-4-5-7-10(9)21-14/h4-7H,8H2,1-3H3,(H,15,18)/t14-/m1/s1. The number of para-hydroxylation sites is 1. The van der Waals surface area contributed by atoms with Crippen molar-refractivity contribution in [2.45, 2.75) is 16.6 Å². The van der Waals surface area contributed by atoms with Gasteiger partial charge in [-0.05, 0) is 19.1 Å². The van der Waals surface area contributed by atoms with Crippen LogP contribution in [0.3, 0.4) is 0 Å². The van der Waals surface area contributed by atoms with Gasteiger partial charge in [0, 0.05) is 11.9 Å². The van der Waals surface area contributed by atoms with E-state index in [0.29, 0.717) is 0 Å². The quantitative estimate of drug-likeness (QED) is 0.660. The Hall–Kier alpha value is -2.02. The fraction of sp³-hybridized carbons (Fsp3) is 0.357. The molecule has 1 aliphatic heterocycles. The van der Waals surface area contributed by atoms with Crippen molar-refractivity contribution in [1.82, 2.24) is 5.32 Å². The first-order valence-corrected chi connectivity index (χ1v) is 7.13. The van der Waals surface area contributed by atoms with Gasteiger partial charge in [0.2, 0.25) is 5.91 Å². The largest absolute Gasteiger partial charge is 0.468 e. The Bertz CT molecular complexity index is 604. The topological polar surface area (TPSA) is 75.7 Å². The smallest absolute Gasteiger partial charge is 0.325 e. The molecule has 0 saturated carbocycles. The van der Waals surface area contributed by atoms with Gasteiger partial charge < -0.3 is 15.0 Å². The third-order valence-electron chi connectivity index (χ3n) is 3.31. The number of nitrogens with one attached hydrogen (secondary N) is 1. The van der Waals surface area contributed by atoms with Crippen molar-refractivity contribution in [3.8, 4) is 0 Å². The van der Waals surface area contributed by atoms with E-state index >= 15 is 0 Å². The van der Waals surface area contributed by atoms with Gasteiger partial charge in [0.15, 0.2) is 4.75 Å². The number of thioether (sulfide) groups is 1. The molecule has 2 amide bonds. The van der Waals surface area contributed by atoms with Gasteiger partial charge in [0.25, 0.3) is 5.91 Å². The molecule has 0 aromatic heterocycles. The second-order valence-corrected chi connectivity index (χ2v) is 6.19. The molecular weight excluding hydrogens is 292 g/mol. The Labute approximate surface area is 126 Å². The fourth-order valence-electron chi connectivity index (χ4n) is 2.05. The minimum atomic E-state index is -1.31. The average molecular weight is 308 g/mol. The average Bonchev–Trinajstić information content (AvgIpc) is 2.50. The number of ether oxygens (including phenoxy) is 1. The Morgan fingerprint density at radius 2 is 2.05 bits per heavy atom. The van der Waals surface area contributed by atoms with Crippen LogP contribution in [0.1, 0.15) is 6.92 Å². The van der Waals surface area contributed by atoms with Crippen molar-refractivity contribution in [2.75, 3.05) is 25.6 Å². The van der Waals surface area contributed by atoms with E-state index in [1.54, 1.807) is 14.0 Å². The number of benzene rings is 1. The molecule has 0 saturated heterocycles. The number of methoxy groups -OCH3 is 1. The van der Waals surface area contributed by atoms with Crippen LogP contribution >= 0.6 is 11.8 Å². The number of esters is 1. The molecule has 1 aliphatic rings. The first kappa shape index (κ1) is 15.4. The molecule has 112 valence electrons. The van der Waals surface area contributed by atoms with Crippen molar-refractivity contribution >= 4 is 35.2 Å². The summed E-state index contributed by atoms with van der Waals surface area (Å²) in [6.07, 6.45) is 0. The lowest BCUT2D eigenvalue weighted by Crippen LogP contribution is -2.56. The van der Waals surface area contributed by atoms with Crippen LogP contribution in [0.2, 0.25) is 0 Å². The van der Waals surface area contributed by atoms with Gasteiger partial charge in [-0.15, -0.1) is 0 Å². The van der Waals surface area contributed by atoms with E-state index in [1.807, 2.05) is 24.3 Å². The SMILES string of the molecule is COC(=O)CNC(=O)[C@@]1(C)Sc2ccccc2N(C)C1=O. The number of nitrogens with zero attached hydrogens (tertiary/aromatic N) is 1. The van der Waals surface area contributed by atoms with E-state index in [0.717, 1.165) is 10.6 Å². The van der Waals surface area contributed by atoms with E-state index in [2.05, 4.69) is 10.1 Å². The second kappa shape index (κ2) is 5.77. The van der Waals surface area contributed by atoms with Crippen LogP contribution in [0.25, 0.3) is 0 Å². The summed E-state index contributed by atoms with van der Waals surface area (Å²) in [7, 11) is 2.87. The predicted octanol–water partition coefficient (Wildman–Crippen LogP) is 0.803. The van der Waals surface area contributed by atoms with Gasteiger partial charge in [-0.1, -0.05) is 23.9 Å². The van der Waals surface area contributed by atoms with Crippen LogP contribution in [-0.2, 0) is 19.1 Å². The summed E-state index contributed by atoms with van der Waals surface area (Å²) in [4.78, 5) is 38.2. The summed E-state index contributed by atoms with van der Waals surface area (Å²) in [6.45, 7) is 1.29. The molecule has 1 atom stereocenters. The van der Waals surface area contributed by atoms with Gasteiger partial charge in [-0.2, -0.15) is 0 Å². The van der Waals surface area contributed by atoms with Gasteiger partial charge in [0.05, 0.1) is 12.8 Å². The second-order valence-electron chi connectivity index (χ2n) is 4.73. The summed E-state index contributed by atoms with van der Waals surface area (Å²) >= 11 is 1.18. The van der Waals surface area contributed by atoms with Gasteiger partial charge in [-0.3, -0.25) is 14.4 Å². The summed E-state index contributed by atoms with van der Waals surface area (Å²) < 4.78 is 3.16. The number of fused-ring (bicyclic) bond motifs is 1. The minimum Gasteiger partial charge on any atom is -0.468 e. The first-order chi connectivity index (χ1) is 9.90. The highest BCUT2D eigenvalue weighted by Gasteiger charge is 2.48. The van der Waals surface area contributed by atoms with E-state index < -0.39 is 16.6 Å². The third kappa shape index (κ3) is 2.73. The third-order valence-corrected chi connectivity index (χ3v) is 4.64. The monoisotopic (exact) mass is 308 g/mol. The number of hydrogen-bond donors (Lipinski definition) is 1. The van der Waals surface area contributed by atoms with Crippen LogP contribution in [0.5, 0.6) is 0 Å². The van der Waals surface area contributed by atoms with Gasteiger partial charge >= 0.3 is 5.97 Å². The van der Waals surface area contributed by atoms with Crippen LogP contribution in [0.4, 0.5) is 5.69 Å². The minimum absolute atomic E-state index is 0.260. The maximum absolute atomic E-state index is 12.5. The Morgan fingerprint density at radius 3 is 2.71 bits per heavy atom. The van der Waals surface area contributed by atoms with Crippen molar-refractivity contribution in [2.24, 2.45) is 0 Å². The Kier molecular flexibility index (Phi) is 4.22. The van der Waals surface area contributed by atoms with E-state index in [9.17, 15) is 14.4 Å². The van der Waals surface area contributed by atoms with Crippen LogP contribution in [0, 0.1) is 0 Å². The molecule has 1 N–H and O–H groups in total. The predicted molar refractivity (Wildman–Crippen MR) is 79.1 cm³/mol. The molecule has 1 heterocycles. The van der Waals surface area contributed by atoms with E-state index in [-0.39, 0.29) is 12.5 Å². The lowest BCUT2D eigenvalue weighted by molar-refractivity contribution is -0.142. The maximum atomic E-state index is 12.5. The number of rotatable bonds is 3. The van der Waals surface area contributed by atoms with Crippen LogP contribution in [-0.4, -0.2) is 43.2 Å². The molecule has 1 aromatic carbocycles. The summed E-state index contributed by atoms with van der Waals surface area (Å²) in [6, 6.07) is 7.37. The molecule has 2 rings (SSSR count). The molecule has 0 spiro atoms. The van der Waals surface area contributed by atoms with E-state index in [1.165, 1.54) is 23.8 Å². The molecule has 1 aromatic rings. The first-order valence-electron chi connectivity index (χ1n) is 6.31. The van der Waals surface area contributed by atoms with Crippen molar-refractivity contribution in [1.29, 1.82) is 0 Å². The summed E-state index contributed by atoms with van der Waals surface area (Å²) in [5.74, 6) is -1.40. The molecule has 0 aliphatic carbocycles. The lowest BCUT2D eigenvalue weighted by Gasteiger charge is -2.36. The Morgan fingerprint density at radius 1 is 1.38 bits per heavy atom. The molecular formula is C14H16N2O4S. The van der Waals surface area contributed by atoms with Crippen LogP contribution < -0.4 is 10.2 Å². The molecule has 0 radical (unpaired) electrons. The molecule has 0 bridgehead atoms.